The van der Waals surface area contributed by atoms with E-state index in [9.17, 15) is 4.79 Å². The maximum atomic E-state index is 12.7. The van der Waals surface area contributed by atoms with E-state index in [2.05, 4.69) is 30.9 Å². The van der Waals surface area contributed by atoms with E-state index in [-0.39, 0.29) is 18.2 Å². The van der Waals surface area contributed by atoms with Crippen molar-refractivity contribution in [2.24, 2.45) is 0 Å². The van der Waals surface area contributed by atoms with Crippen LogP contribution in [0.4, 0.5) is 4.79 Å². The van der Waals surface area contributed by atoms with Crippen LogP contribution in [0.3, 0.4) is 0 Å². The molecular weight excluding hydrogens is 322 g/mol. The molecule has 2 aliphatic heterocycles. The Balaban J connectivity index is 1.50. The Hall–Kier alpha value is -2.81. The first-order valence-corrected chi connectivity index (χ1v) is 9.18. The molecule has 0 spiro atoms. The van der Waals surface area contributed by atoms with Crippen LogP contribution in [0.15, 0.2) is 67.3 Å². The van der Waals surface area contributed by atoms with E-state index in [1.165, 1.54) is 11.1 Å². The van der Waals surface area contributed by atoms with E-state index < -0.39 is 0 Å². The monoisotopic (exact) mass is 345 g/mol. The molecule has 0 N–H and O–H groups in total. The van der Waals surface area contributed by atoms with Gasteiger partial charge in [-0.1, -0.05) is 73.3 Å². The SMILES string of the molecule is C=Cc1ccccc1C1=CC2CCC(C1)N2C(=O)OCc1ccccc1. The molecule has 0 aliphatic carbocycles. The Bertz CT molecular complexity index is 840. The molecule has 1 fully saturated rings. The normalized spacial score (nSPS) is 21.2. The summed E-state index contributed by atoms with van der Waals surface area (Å²) in [4.78, 5) is 14.6. The zero-order valence-corrected chi connectivity index (χ0v) is 14.8. The quantitative estimate of drug-likeness (QED) is 0.754. The molecule has 0 aromatic heterocycles. The third-order valence-electron chi connectivity index (χ3n) is 5.34. The number of hydrogen-bond donors (Lipinski definition) is 0. The Labute approximate surface area is 154 Å². The van der Waals surface area contributed by atoms with Crippen LogP contribution < -0.4 is 0 Å². The molecule has 132 valence electrons. The number of carbonyl (C=O) groups excluding carboxylic acids is 1. The molecule has 3 heteroatoms. The second-order valence-electron chi connectivity index (χ2n) is 6.93. The fourth-order valence-electron chi connectivity index (χ4n) is 4.08. The molecule has 3 nitrogen and oxygen atoms in total. The number of carbonyl (C=O) groups is 1. The molecule has 2 bridgehead atoms. The van der Waals surface area contributed by atoms with Crippen molar-refractivity contribution in [1.29, 1.82) is 0 Å². The molecule has 2 atom stereocenters. The first-order valence-electron chi connectivity index (χ1n) is 9.18. The smallest absolute Gasteiger partial charge is 0.410 e. The maximum absolute atomic E-state index is 12.7. The molecule has 2 aromatic rings. The summed E-state index contributed by atoms with van der Waals surface area (Å²) in [7, 11) is 0. The van der Waals surface area contributed by atoms with E-state index in [1.807, 2.05) is 47.4 Å². The van der Waals surface area contributed by atoms with Crippen molar-refractivity contribution >= 4 is 17.7 Å². The lowest BCUT2D eigenvalue weighted by molar-refractivity contribution is 0.0832. The highest BCUT2D eigenvalue weighted by Gasteiger charge is 2.40. The van der Waals surface area contributed by atoms with E-state index >= 15 is 0 Å². The van der Waals surface area contributed by atoms with Crippen LogP contribution in [0, 0.1) is 0 Å². The first-order chi connectivity index (χ1) is 12.8. The Morgan fingerprint density at radius 1 is 1.12 bits per heavy atom. The van der Waals surface area contributed by atoms with Crippen LogP contribution in [0.25, 0.3) is 11.6 Å². The number of benzene rings is 2. The van der Waals surface area contributed by atoms with Crippen LogP contribution in [-0.4, -0.2) is 23.1 Å². The lowest BCUT2D eigenvalue weighted by atomic mass is 9.91. The standard InChI is InChI=1S/C23H23NO2/c1-2-18-10-6-7-11-22(18)19-14-20-12-13-21(15-19)24(20)23(25)26-16-17-8-4-3-5-9-17/h2-11,14,20-21H,1,12-13,15-16H2. The molecule has 0 saturated carbocycles. The van der Waals surface area contributed by atoms with E-state index in [0.29, 0.717) is 6.61 Å². The number of rotatable bonds is 4. The molecule has 26 heavy (non-hydrogen) atoms. The third kappa shape index (κ3) is 3.17. The average molecular weight is 345 g/mol. The summed E-state index contributed by atoms with van der Waals surface area (Å²) in [6.07, 6.45) is 6.86. The zero-order chi connectivity index (χ0) is 17.9. The highest BCUT2D eigenvalue weighted by atomic mass is 16.6. The van der Waals surface area contributed by atoms with Gasteiger partial charge in [0.15, 0.2) is 0 Å². The minimum atomic E-state index is -0.200. The van der Waals surface area contributed by atoms with Gasteiger partial charge in [-0.25, -0.2) is 4.79 Å². The van der Waals surface area contributed by atoms with Gasteiger partial charge in [0.25, 0.3) is 0 Å². The molecular formula is C23H23NO2. The van der Waals surface area contributed by atoms with Gasteiger partial charge in [0, 0.05) is 6.04 Å². The van der Waals surface area contributed by atoms with Gasteiger partial charge < -0.3 is 4.74 Å². The van der Waals surface area contributed by atoms with Crippen molar-refractivity contribution in [1.82, 2.24) is 4.90 Å². The van der Waals surface area contributed by atoms with Crippen LogP contribution in [0.1, 0.15) is 36.0 Å². The molecule has 4 rings (SSSR count). The van der Waals surface area contributed by atoms with E-state index in [0.717, 1.165) is 30.4 Å². The van der Waals surface area contributed by atoms with Gasteiger partial charge in [0.1, 0.15) is 6.61 Å². The molecule has 1 amide bonds. The first kappa shape index (κ1) is 16.6. The second kappa shape index (κ2) is 7.20. The summed E-state index contributed by atoms with van der Waals surface area (Å²) in [5.74, 6) is 0. The number of ether oxygens (including phenoxy) is 1. The highest BCUT2D eigenvalue weighted by molar-refractivity contribution is 5.78. The molecule has 2 heterocycles. The van der Waals surface area contributed by atoms with Crippen molar-refractivity contribution in [3.8, 4) is 0 Å². The average Bonchev–Trinajstić information content (AvgIpc) is 2.96. The van der Waals surface area contributed by atoms with Crippen LogP contribution in [-0.2, 0) is 11.3 Å². The van der Waals surface area contributed by atoms with Crippen LogP contribution in [0.2, 0.25) is 0 Å². The Morgan fingerprint density at radius 3 is 2.65 bits per heavy atom. The second-order valence-corrected chi connectivity index (χ2v) is 6.93. The topological polar surface area (TPSA) is 29.5 Å². The Kier molecular flexibility index (Phi) is 4.61. The third-order valence-corrected chi connectivity index (χ3v) is 5.34. The van der Waals surface area contributed by atoms with Gasteiger partial charge in [0.2, 0.25) is 0 Å². The van der Waals surface area contributed by atoms with E-state index in [4.69, 9.17) is 4.74 Å². The largest absolute Gasteiger partial charge is 0.445 e. The summed E-state index contributed by atoms with van der Waals surface area (Å²) >= 11 is 0. The fraction of sp³-hybridized carbons (Fsp3) is 0.261. The zero-order valence-electron chi connectivity index (χ0n) is 14.8. The Morgan fingerprint density at radius 2 is 1.88 bits per heavy atom. The molecule has 2 aromatic carbocycles. The predicted molar refractivity (Wildman–Crippen MR) is 104 cm³/mol. The molecule has 0 radical (unpaired) electrons. The lowest BCUT2D eigenvalue weighted by Crippen LogP contribution is -2.43. The summed E-state index contributed by atoms with van der Waals surface area (Å²) in [6, 6.07) is 18.5. The van der Waals surface area contributed by atoms with Crippen molar-refractivity contribution < 1.29 is 9.53 Å². The minimum Gasteiger partial charge on any atom is -0.445 e. The van der Waals surface area contributed by atoms with Crippen molar-refractivity contribution in [2.75, 3.05) is 0 Å². The van der Waals surface area contributed by atoms with Gasteiger partial charge in [0.05, 0.1) is 6.04 Å². The van der Waals surface area contributed by atoms with Crippen LogP contribution in [0.5, 0.6) is 0 Å². The van der Waals surface area contributed by atoms with E-state index in [1.54, 1.807) is 0 Å². The molecule has 2 aliphatic rings. The van der Waals surface area contributed by atoms with Gasteiger partial charge in [-0.05, 0) is 41.5 Å². The van der Waals surface area contributed by atoms with Gasteiger partial charge in [-0.3, -0.25) is 4.90 Å². The maximum Gasteiger partial charge on any atom is 0.410 e. The molecule has 1 saturated heterocycles. The number of fused-ring (bicyclic) bond motifs is 2. The van der Waals surface area contributed by atoms with Crippen molar-refractivity contribution in [3.05, 3.63) is 83.9 Å². The van der Waals surface area contributed by atoms with Gasteiger partial charge in [-0.15, -0.1) is 0 Å². The van der Waals surface area contributed by atoms with Crippen LogP contribution >= 0.6 is 0 Å². The van der Waals surface area contributed by atoms with Crippen molar-refractivity contribution in [3.63, 3.8) is 0 Å². The molecule has 2 unspecified atom stereocenters. The fourth-order valence-corrected chi connectivity index (χ4v) is 4.08. The summed E-state index contributed by atoms with van der Waals surface area (Å²) in [5.41, 5.74) is 4.72. The lowest BCUT2D eigenvalue weighted by Gasteiger charge is -2.33. The van der Waals surface area contributed by atoms with Gasteiger partial charge >= 0.3 is 6.09 Å². The van der Waals surface area contributed by atoms with Gasteiger partial charge in [-0.2, -0.15) is 0 Å². The highest BCUT2D eigenvalue weighted by Crippen LogP contribution is 2.39. The summed E-state index contributed by atoms with van der Waals surface area (Å²) in [5, 5.41) is 0. The summed E-state index contributed by atoms with van der Waals surface area (Å²) in [6.45, 7) is 4.25. The number of nitrogens with zero attached hydrogens (tertiary/aromatic N) is 1. The number of hydrogen-bond acceptors (Lipinski definition) is 2. The van der Waals surface area contributed by atoms with Crippen molar-refractivity contribution in [2.45, 2.75) is 38.0 Å². The predicted octanol–water partition coefficient (Wildman–Crippen LogP) is 5.29. The number of amides is 1. The minimum absolute atomic E-state index is 0.130. The summed E-state index contributed by atoms with van der Waals surface area (Å²) < 4.78 is 5.58.